The zero-order chi connectivity index (χ0) is 14.7. The topological polar surface area (TPSA) is 15.3 Å². The SMILES string of the molecule is CCC(CC)NCCN(CCC(C)C)CCC(C)C. The zero-order valence-electron chi connectivity index (χ0n) is 14.3. The van der Waals surface area contributed by atoms with Crippen LogP contribution in [-0.2, 0) is 0 Å². The standard InChI is InChI=1S/C17H38N2/c1-7-17(8-2)18-11-14-19(12-9-15(3)4)13-10-16(5)6/h15-18H,7-14H2,1-6H3. The van der Waals surface area contributed by atoms with Crippen molar-refractivity contribution in [2.75, 3.05) is 26.2 Å². The van der Waals surface area contributed by atoms with Crippen molar-refractivity contribution >= 4 is 0 Å². The van der Waals surface area contributed by atoms with Crippen molar-refractivity contribution in [1.82, 2.24) is 10.2 Å². The molecule has 0 unspecified atom stereocenters. The highest BCUT2D eigenvalue weighted by atomic mass is 15.1. The summed E-state index contributed by atoms with van der Waals surface area (Å²) >= 11 is 0. The van der Waals surface area contributed by atoms with Gasteiger partial charge in [0.2, 0.25) is 0 Å². The summed E-state index contributed by atoms with van der Waals surface area (Å²) in [5.74, 6) is 1.63. The fourth-order valence-electron chi connectivity index (χ4n) is 2.22. The lowest BCUT2D eigenvalue weighted by Crippen LogP contribution is -2.38. The Bertz CT molecular complexity index is 174. The summed E-state index contributed by atoms with van der Waals surface area (Å²) in [4.78, 5) is 2.65. The molecule has 1 N–H and O–H groups in total. The van der Waals surface area contributed by atoms with Crippen LogP contribution in [0.2, 0.25) is 0 Å². The first kappa shape index (κ1) is 18.9. The first-order chi connectivity index (χ1) is 8.99. The second kappa shape index (κ2) is 11.7. The fraction of sp³-hybridized carbons (Fsp3) is 1.00. The van der Waals surface area contributed by atoms with E-state index < -0.39 is 0 Å². The molecule has 0 radical (unpaired) electrons. The molecule has 0 spiro atoms. The molecule has 19 heavy (non-hydrogen) atoms. The second-order valence-corrected chi connectivity index (χ2v) is 6.67. The average Bonchev–Trinajstić information content (AvgIpc) is 2.36. The monoisotopic (exact) mass is 270 g/mol. The minimum atomic E-state index is 0.706. The molecule has 0 aliphatic rings. The summed E-state index contributed by atoms with van der Waals surface area (Å²) in [5, 5.41) is 3.68. The molecule has 0 rings (SSSR count). The van der Waals surface area contributed by atoms with Crippen LogP contribution in [0, 0.1) is 11.8 Å². The normalized spacial score (nSPS) is 12.3. The van der Waals surface area contributed by atoms with Gasteiger partial charge in [-0.1, -0.05) is 41.5 Å². The van der Waals surface area contributed by atoms with Crippen molar-refractivity contribution in [3.8, 4) is 0 Å². The Morgan fingerprint density at radius 1 is 0.789 bits per heavy atom. The molecule has 0 bridgehead atoms. The molecule has 0 heterocycles. The maximum Gasteiger partial charge on any atom is 0.0107 e. The second-order valence-electron chi connectivity index (χ2n) is 6.67. The lowest BCUT2D eigenvalue weighted by Gasteiger charge is -2.25. The minimum absolute atomic E-state index is 0.706. The molecule has 0 aromatic rings. The van der Waals surface area contributed by atoms with Crippen LogP contribution in [-0.4, -0.2) is 37.1 Å². The number of nitrogens with zero attached hydrogens (tertiary/aromatic N) is 1. The Labute approximate surface area is 122 Å². The van der Waals surface area contributed by atoms with E-state index in [4.69, 9.17) is 0 Å². The van der Waals surface area contributed by atoms with Crippen LogP contribution in [0.15, 0.2) is 0 Å². The molecule has 2 heteroatoms. The van der Waals surface area contributed by atoms with Crippen LogP contribution in [0.5, 0.6) is 0 Å². The van der Waals surface area contributed by atoms with E-state index in [0.29, 0.717) is 6.04 Å². The van der Waals surface area contributed by atoms with Gasteiger partial charge in [0.1, 0.15) is 0 Å². The van der Waals surface area contributed by atoms with Gasteiger partial charge in [0.05, 0.1) is 0 Å². The zero-order valence-corrected chi connectivity index (χ0v) is 14.3. The Balaban J connectivity index is 3.95. The third kappa shape index (κ3) is 11.4. The Kier molecular flexibility index (Phi) is 11.7. The van der Waals surface area contributed by atoms with Gasteiger partial charge in [0.15, 0.2) is 0 Å². The van der Waals surface area contributed by atoms with Gasteiger partial charge in [0.25, 0.3) is 0 Å². The van der Waals surface area contributed by atoms with E-state index in [9.17, 15) is 0 Å². The molecule has 0 saturated heterocycles. The number of nitrogens with one attached hydrogen (secondary N) is 1. The molecular formula is C17H38N2. The van der Waals surface area contributed by atoms with E-state index in [-0.39, 0.29) is 0 Å². The third-order valence-electron chi connectivity index (χ3n) is 3.89. The maximum atomic E-state index is 3.68. The molecule has 0 aliphatic heterocycles. The predicted molar refractivity (Wildman–Crippen MR) is 87.7 cm³/mol. The minimum Gasteiger partial charge on any atom is -0.313 e. The molecule has 0 saturated carbocycles. The maximum absolute atomic E-state index is 3.68. The Morgan fingerprint density at radius 2 is 1.26 bits per heavy atom. The van der Waals surface area contributed by atoms with Gasteiger partial charge < -0.3 is 10.2 Å². The summed E-state index contributed by atoms with van der Waals surface area (Å²) in [6.07, 6.45) is 5.13. The van der Waals surface area contributed by atoms with E-state index in [1.807, 2.05) is 0 Å². The molecule has 0 aromatic heterocycles. The molecule has 0 aliphatic carbocycles. The average molecular weight is 271 g/mol. The van der Waals surface area contributed by atoms with Crippen molar-refractivity contribution in [3.63, 3.8) is 0 Å². The van der Waals surface area contributed by atoms with Crippen LogP contribution >= 0.6 is 0 Å². The van der Waals surface area contributed by atoms with Crippen molar-refractivity contribution in [3.05, 3.63) is 0 Å². The quantitative estimate of drug-likeness (QED) is 0.573. The highest BCUT2D eigenvalue weighted by Crippen LogP contribution is 2.06. The van der Waals surface area contributed by atoms with Crippen LogP contribution in [0.3, 0.4) is 0 Å². The molecule has 2 nitrogen and oxygen atoms in total. The van der Waals surface area contributed by atoms with Gasteiger partial charge in [-0.15, -0.1) is 0 Å². The summed E-state index contributed by atoms with van der Waals surface area (Å²) < 4.78 is 0. The molecule has 0 amide bonds. The van der Waals surface area contributed by atoms with Gasteiger partial charge in [-0.2, -0.15) is 0 Å². The van der Waals surface area contributed by atoms with Crippen LogP contribution < -0.4 is 5.32 Å². The van der Waals surface area contributed by atoms with E-state index >= 15 is 0 Å². The van der Waals surface area contributed by atoms with Gasteiger partial charge in [-0.3, -0.25) is 0 Å². The van der Waals surface area contributed by atoms with Crippen molar-refractivity contribution < 1.29 is 0 Å². The lowest BCUT2D eigenvalue weighted by molar-refractivity contribution is 0.239. The Morgan fingerprint density at radius 3 is 1.63 bits per heavy atom. The first-order valence-corrected chi connectivity index (χ1v) is 8.45. The molecular weight excluding hydrogens is 232 g/mol. The molecule has 0 atom stereocenters. The highest BCUT2D eigenvalue weighted by molar-refractivity contribution is 4.66. The fourth-order valence-corrected chi connectivity index (χ4v) is 2.22. The van der Waals surface area contributed by atoms with Crippen molar-refractivity contribution in [1.29, 1.82) is 0 Å². The van der Waals surface area contributed by atoms with Crippen LogP contribution in [0.4, 0.5) is 0 Å². The van der Waals surface area contributed by atoms with E-state index in [1.165, 1.54) is 45.3 Å². The van der Waals surface area contributed by atoms with E-state index in [1.54, 1.807) is 0 Å². The van der Waals surface area contributed by atoms with Crippen molar-refractivity contribution in [2.24, 2.45) is 11.8 Å². The lowest BCUT2D eigenvalue weighted by atomic mass is 10.1. The summed E-state index contributed by atoms with van der Waals surface area (Å²) in [6, 6.07) is 0.706. The smallest absolute Gasteiger partial charge is 0.0107 e. The number of rotatable bonds is 12. The van der Waals surface area contributed by atoms with Gasteiger partial charge in [0, 0.05) is 19.1 Å². The first-order valence-electron chi connectivity index (χ1n) is 8.45. The third-order valence-corrected chi connectivity index (χ3v) is 3.89. The summed E-state index contributed by atoms with van der Waals surface area (Å²) in [5.41, 5.74) is 0. The van der Waals surface area contributed by atoms with Crippen LogP contribution in [0.1, 0.15) is 67.2 Å². The van der Waals surface area contributed by atoms with E-state index in [2.05, 4.69) is 51.8 Å². The Hall–Kier alpha value is -0.0800. The van der Waals surface area contributed by atoms with Crippen molar-refractivity contribution in [2.45, 2.75) is 73.3 Å². The number of hydrogen-bond donors (Lipinski definition) is 1. The van der Waals surface area contributed by atoms with Gasteiger partial charge in [-0.05, 0) is 50.6 Å². The summed E-state index contributed by atoms with van der Waals surface area (Å²) in [7, 11) is 0. The number of hydrogen-bond acceptors (Lipinski definition) is 2. The van der Waals surface area contributed by atoms with Gasteiger partial charge >= 0.3 is 0 Å². The van der Waals surface area contributed by atoms with Gasteiger partial charge in [-0.25, -0.2) is 0 Å². The molecule has 0 aromatic carbocycles. The predicted octanol–water partition coefficient (Wildman–Crippen LogP) is 4.16. The molecule has 116 valence electrons. The van der Waals surface area contributed by atoms with E-state index in [0.717, 1.165) is 18.4 Å². The van der Waals surface area contributed by atoms with Crippen LogP contribution in [0.25, 0.3) is 0 Å². The largest absolute Gasteiger partial charge is 0.313 e. The summed E-state index contributed by atoms with van der Waals surface area (Å²) in [6.45, 7) is 18.7. The highest BCUT2D eigenvalue weighted by Gasteiger charge is 2.08. The molecule has 0 fully saturated rings.